The van der Waals surface area contributed by atoms with E-state index in [4.69, 9.17) is 4.84 Å². The van der Waals surface area contributed by atoms with Crippen LogP contribution < -0.4 is 5.06 Å². The van der Waals surface area contributed by atoms with E-state index in [0.717, 1.165) is 6.92 Å². The molecule has 0 aliphatic rings. The number of para-hydroxylation sites is 1. The lowest BCUT2D eigenvalue weighted by molar-refractivity contribution is -0.147. The van der Waals surface area contributed by atoms with Crippen LogP contribution in [0.1, 0.15) is 17.3 Å². The summed E-state index contributed by atoms with van der Waals surface area (Å²) in [5, 5.41) is 0.706. The number of carbonyl (C=O) groups is 3. The van der Waals surface area contributed by atoms with Gasteiger partial charge >= 0.3 is 11.9 Å². The molecule has 0 saturated heterocycles. The van der Waals surface area contributed by atoms with Crippen molar-refractivity contribution in [1.29, 1.82) is 0 Å². The molecule has 0 saturated carbocycles. The van der Waals surface area contributed by atoms with Gasteiger partial charge in [0.2, 0.25) is 0 Å². The highest BCUT2D eigenvalue weighted by Gasteiger charge is 2.27. The van der Waals surface area contributed by atoms with Gasteiger partial charge in [-0.25, -0.2) is 4.79 Å². The Labute approximate surface area is 121 Å². The van der Waals surface area contributed by atoms with Gasteiger partial charge in [-0.15, -0.1) is 5.06 Å². The third-order valence-corrected chi connectivity index (χ3v) is 2.63. The maximum absolute atomic E-state index is 12.3. The maximum Gasteiger partial charge on any atom is 0.332 e. The van der Waals surface area contributed by atoms with Crippen molar-refractivity contribution in [2.45, 2.75) is 6.92 Å². The van der Waals surface area contributed by atoms with Gasteiger partial charge in [-0.05, 0) is 12.1 Å². The first-order valence-electron chi connectivity index (χ1n) is 6.27. The van der Waals surface area contributed by atoms with E-state index in [-0.39, 0.29) is 5.56 Å². The standard InChI is InChI=1S/C16H13NO4/c1-12(18)21-17(14-10-6-3-7-11-14)16(20)15(19)13-8-4-2-5-9-13/h2-11H,1H3. The number of ketones is 1. The molecule has 0 aliphatic carbocycles. The zero-order chi connectivity index (χ0) is 15.2. The Morgan fingerprint density at radius 3 is 1.90 bits per heavy atom. The first-order chi connectivity index (χ1) is 10.1. The number of hydrogen-bond acceptors (Lipinski definition) is 4. The molecule has 5 heteroatoms. The van der Waals surface area contributed by atoms with Gasteiger partial charge < -0.3 is 4.84 Å². The molecule has 0 heterocycles. The van der Waals surface area contributed by atoms with Crippen molar-refractivity contribution in [1.82, 2.24) is 0 Å². The third-order valence-electron chi connectivity index (χ3n) is 2.63. The molecule has 1 amide bonds. The molecule has 5 nitrogen and oxygen atoms in total. The smallest absolute Gasteiger partial charge is 0.332 e. The summed E-state index contributed by atoms with van der Waals surface area (Å²) in [5.74, 6) is -2.36. The average Bonchev–Trinajstić information content (AvgIpc) is 2.53. The summed E-state index contributed by atoms with van der Waals surface area (Å²) in [4.78, 5) is 40.5. The van der Waals surface area contributed by atoms with Crippen LogP contribution in [0.25, 0.3) is 0 Å². The average molecular weight is 283 g/mol. The van der Waals surface area contributed by atoms with Gasteiger partial charge in [0.1, 0.15) is 0 Å². The van der Waals surface area contributed by atoms with E-state index in [9.17, 15) is 14.4 Å². The number of benzene rings is 2. The molecule has 21 heavy (non-hydrogen) atoms. The van der Waals surface area contributed by atoms with E-state index in [1.165, 1.54) is 12.1 Å². The van der Waals surface area contributed by atoms with Crippen LogP contribution in [0.5, 0.6) is 0 Å². The van der Waals surface area contributed by atoms with Crippen molar-refractivity contribution < 1.29 is 19.2 Å². The highest BCUT2D eigenvalue weighted by atomic mass is 16.7. The van der Waals surface area contributed by atoms with Crippen molar-refractivity contribution >= 4 is 23.3 Å². The van der Waals surface area contributed by atoms with Crippen LogP contribution in [0, 0.1) is 0 Å². The molecular weight excluding hydrogens is 270 g/mol. The van der Waals surface area contributed by atoms with Crippen LogP contribution in [0.15, 0.2) is 60.7 Å². The number of rotatable bonds is 3. The monoisotopic (exact) mass is 283 g/mol. The number of nitrogens with zero attached hydrogens (tertiary/aromatic N) is 1. The minimum atomic E-state index is -0.928. The van der Waals surface area contributed by atoms with Crippen LogP contribution in [-0.2, 0) is 14.4 Å². The summed E-state index contributed by atoms with van der Waals surface area (Å²) in [5.41, 5.74) is 0.539. The Bertz CT molecular complexity index is 652. The van der Waals surface area contributed by atoms with E-state index >= 15 is 0 Å². The van der Waals surface area contributed by atoms with Gasteiger partial charge in [0.25, 0.3) is 5.78 Å². The van der Waals surface area contributed by atoms with Crippen molar-refractivity contribution in [2.75, 3.05) is 5.06 Å². The van der Waals surface area contributed by atoms with Crippen molar-refractivity contribution in [2.24, 2.45) is 0 Å². The second kappa shape index (κ2) is 6.47. The molecule has 0 atom stereocenters. The van der Waals surface area contributed by atoms with E-state index in [1.807, 2.05) is 0 Å². The number of hydroxylamine groups is 1. The predicted octanol–water partition coefficient (Wildman–Crippen LogP) is 2.38. The van der Waals surface area contributed by atoms with Crippen LogP contribution >= 0.6 is 0 Å². The molecule has 2 rings (SSSR count). The minimum absolute atomic E-state index is 0.232. The van der Waals surface area contributed by atoms with Gasteiger partial charge in [0.05, 0.1) is 5.69 Å². The summed E-state index contributed by atoms with van der Waals surface area (Å²) in [7, 11) is 0. The van der Waals surface area contributed by atoms with Gasteiger partial charge in [-0.3, -0.25) is 9.59 Å². The Morgan fingerprint density at radius 2 is 1.38 bits per heavy atom. The lowest BCUT2D eigenvalue weighted by atomic mass is 10.1. The fourth-order valence-electron chi connectivity index (χ4n) is 1.71. The minimum Gasteiger partial charge on any atom is -0.333 e. The first-order valence-corrected chi connectivity index (χ1v) is 6.27. The van der Waals surface area contributed by atoms with Crippen LogP contribution in [0.3, 0.4) is 0 Å². The molecule has 0 spiro atoms. The van der Waals surface area contributed by atoms with Crippen molar-refractivity contribution in [3.63, 3.8) is 0 Å². The summed E-state index contributed by atoms with van der Waals surface area (Å²) in [6, 6.07) is 16.3. The highest BCUT2D eigenvalue weighted by Crippen LogP contribution is 2.16. The number of Topliss-reactive ketones (excluding diaryl/α,β-unsaturated/α-hetero) is 1. The van der Waals surface area contributed by atoms with Gasteiger partial charge in [0.15, 0.2) is 0 Å². The molecule has 0 N–H and O–H groups in total. The lowest BCUT2D eigenvalue weighted by Gasteiger charge is -2.19. The zero-order valence-electron chi connectivity index (χ0n) is 11.4. The largest absolute Gasteiger partial charge is 0.333 e. The molecule has 2 aromatic rings. The SMILES string of the molecule is CC(=O)ON(C(=O)C(=O)c1ccccc1)c1ccccc1. The third kappa shape index (κ3) is 3.54. The summed E-state index contributed by atoms with van der Waals surface area (Å²) >= 11 is 0. The van der Waals surface area contributed by atoms with Gasteiger partial charge in [-0.2, -0.15) is 0 Å². The fourth-order valence-corrected chi connectivity index (χ4v) is 1.71. The predicted molar refractivity (Wildman–Crippen MR) is 76.5 cm³/mol. The van der Waals surface area contributed by atoms with E-state index in [2.05, 4.69) is 0 Å². The quantitative estimate of drug-likeness (QED) is 0.493. The topological polar surface area (TPSA) is 63.7 Å². The molecule has 0 aliphatic heterocycles. The molecule has 0 fully saturated rings. The van der Waals surface area contributed by atoms with Crippen LogP contribution in [-0.4, -0.2) is 17.7 Å². The zero-order valence-corrected chi connectivity index (χ0v) is 11.4. The lowest BCUT2D eigenvalue weighted by Crippen LogP contribution is -2.38. The Hall–Kier alpha value is -2.95. The van der Waals surface area contributed by atoms with Gasteiger partial charge in [-0.1, -0.05) is 48.5 Å². The molecule has 2 aromatic carbocycles. The molecular formula is C16H13NO4. The normalized spacial score (nSPS) is 9.76. The second-order valence-corrected chi connectivity index (χ2v) is 4.21. The van der Waals surface area contributed by atoms with Crippen molar-refractivity contribution in [3.05, 3.63) is 66.2 Å². The summed E-state index contributed by atoms with van der Waals surface area (Å²) in [6.45, 7) is 1.16. The number of anilines is 1. The molecule has 0 aromatic heterocycles. The van der Waals surface area contributed by atoms with Gasteiger partial charge in [0, 0.05) is 12.5 Å². The number of carbonyl (C=O) groups excluding carboxylic acids is 3. The Morgan fingerprint density at radius 1 is 0.857 bits per heavy atom. The molecule has 0 bridgehead atoms. The molecule has 0 radical (unpaired) electrons. The molecule has 0 unspecified atom stereocenters. The van der Waals surface area contributed by atoms with Crippen LogP contribution in [0.2, 0.25) is 0 Å². The van der Waals surface area contributed by atoms with E-state index in [0.29, 0.717) is 10.8 Å². The van der Waals surface area contributed by atoms with Crippen molar-refractivity contribution in [3.8, 4) is 0 Å². The second-order valence-electron chi connectivity index (χ2n) is 4.21. The number of amides is 1. The highest BCUT2D eigenvalue weighted by molar-refractivity contribution is 6.46. The van der Waals surface area contributed by atoms with Crippen LogP contribution in [0.4, 0.5) is 5.69 Å². The first kappa shape index (κ1) is 14.5. The summed E-state index contributed by atoms with van der Waals surface area (Å²) in [6.07, 6.45) is 0. The Kier molecular flexibility index (Phi) is 4.46. The Balaban J connectivity index is 2.31. The maximum atomic E-state index is 12.3. The summed E-state index contributed by atoms with van der Waals surface area (Å²) < 4.78 is 0. The van der Waals surface area contributed by atoms with E-state index in [1.54, 1.807) is 48.5 Å². The molecule has 106 valence electrons. The fraction of sp³-hybridized carbons (Fsp3) is 0.0625. The number of hydrogen-bond donors (Lipinski definition) is 0. The van der Waals surface area contributed by atoms with E-state index < -0.39 is 17.7 Å².